The summed E-state index contributed by atoms with van der Waals surface area (Å²) >= 11 is 0. The van der Waals surface area contributed by atoms with Crippen molar-refractivity contribution >= 4 is 16.9 Å². The molecule has 4 rings (SSSR count). The summed E-state index contributed by atoms with van der Waals surface area (Å²) in [6.45, 7) is 5.51. The maximum absolute atomic E-state index is 13.7. The van der Waals surface area contributed by atoms with Gasteiger partial charge in [0.05, 0.1) is 22.5 Å². The minimum Gasteiger partial charge on any atom is -0.381 e. The van der Waals surface area contributed by atoms with Gasteiger partial charge in [-0.3, -0.25) is 4.79 Å². The number of nitrogens with zero attached hydrogens (tertiary/aromatic N) is 1. The van der Waals surface area contributed by atoms with Gasteiger partial charge in [-0.15, -0.1) is 0 Å². The smallest absolute Gasteiger partial charge is 0.231 e. The highest BCUT2D eigenvalue weighted by Crippen LogP contribution is 2.36. The van der Waals surface area contributed by atoms with Gasteiger partial charge in [0.1, 0.15) is 5.82 Å². The molecule has 1 fully saturated rings. The number of carbonyl (C=O) groups is 1. The summed E-state index contributed by atoms with van der Waals surface area (Å²) in [6.07, 6.45) is 2.33. The number of aromatic nitrogens is 2. The van der Waals surface area contributed by atoms with E-state index in [0.29, 0.717) is 26.1 Å². The topological polar surface area (TPSA) is 67.0 Å². The van der Waals surface area contributed by atoms with Gasteiger partial charge in [0.15, 0.2) is 0 Å². The molecule has 0 spiro atoms. The van der Waals surface area contributed by atoms with Crippen LogP contribution in [0.4, 0.5) is 0 Å². The van der Waals surface area contributed by atoms with Crippen LogP contribution in [-0.4, -0.2) is 29.1 Å². The molecular formula is C24H29N3O2. The first-order valence-corrected chi connectivity index (χ1v) is 10.5. The number of hydrogen-bond acceptors (Lipinski definition) is 3. The molecule has 2 atom stereocenters. The van der Waals surface area contributed by atoms with Gasteiger partial charge in [0.2, 0.25) is 5.91 Å². The number of H-pyrrole nitrogens is 1. The van der Waals surface area contributed by atoms with Crippen LogP contribution in [0.15, 0.2) is 54.6 Å². The third-order valence-corrected chi connectivity index (χ3v) is 6.31. The van der Waals surface area contributed by atoms with Crippen molar-refractivity contribution in [3.63, 3.8) is 0 Å². The second-order valence-corrected chi connectivity index (χ2v) is 8.04. The van der Waals surface area contributed by atoms with E-state index in [-0.39, 0.29) is 17.9 Å². The van der Waals surface area contributed by atoms with Crippen molar-refractivity contribution < 1.29 is 9.53 Å². The molecule has 1 aromatic heterocycles. The average Bonchev–Trinajstić information content (AvgIpc) is 3.21. The number of para-hydroxylation sites is 2. The third-order valence-electron chi connectivity index (χ3n) is 6.31. The minimum atomic E-state index is -0.558. The SMILES string of the molecule is CC[C@@H](C)[C@@H](NC(=O)C1(c2ccccc2)CCOCC1)c1nc2ccccc2[nH]1. The van der Waals surface area contributed by atoms with Crippen LogP contribution in [0.2, 0.25) is 0 Å². The maximum Gasteiger partial charge on any atom is 0.231 e. The van der Waals surface area contributed by atoms with Crippen LogP contribution in [-0.2, 0) is 14.9 Å². The van der Waals surface area contributed by atoms with Crippen molar-refractivity contribution in [1.29, 1.82) is 0 Å². The predicted molar refractivity (Wildman–Crippen MR) is 115 cm³/mol. The first-order valence-electron chi connectivity index (χ1n) is 10.5. The lowest BCUT2D eigenvalue weighted by molar-refractivity contribution is -0.131. The zero-order valence-electron chi connectivity index (χ0n) is 17.2. The number of carbonyl (C=O) groups excluding carboxylic acids is 1. The molecule has 2 N–H and O–H groups in total. The van der Waals surface area contributed by atoms with E-state index >= 15 is 0 Å². The molecule has 0 aliphatic carbocycles. The van der Waals surface area contributed by atoms with E-state index in [1.165, 1.54) is 0 Å². The first kappa shape index (κ1) is 19.6. The van der Waals surface area contributed by atoms with E-state index in [1.54, 1.807) is 0 Å². The Bertz CT molecular complexity index is 927. The Morgan fingerprint density at radius 2 is 1.83 bits per heavy atom. The molecule has 2 heterocycles. The quantitative estimate of drug-likeness (QED) is 0.649. The highest BCUT2D eigenvalue weighted by atomic mass is 16.5. The van der Waals surface area contributed by atoms with Crippen LogP contribution in [0.25, 0.3) is 11.0 Å². The average molecular weight is 392 g/mol. The van der Waals surface area contributed by atoms with Crippen LogP contribution >= 0.6 is 0 Å². The number of fused-ring (bicyclic) bond motifs is 1. The lowest BCUT2D eigenvalue weighted by atomic mass is 9.73. The molecule has 29 heavy (non-hydrogen) atoms. The van der Waals surface area contributed by atoms with Crippen molar-refractivity contribution in [1.82, 2.24) is 15.3 Å². The molecule has 1 saturated heterocycles. The van der Waals surface area contributed by atoms with E-state index < -0.39 is 5.41 Å². The normalized spacial score (nSPS) is 18.3. The molecule has 1 amide bonds. The van der Waals surface area contributed by atoms with Gasteiger partial charge in [0, 0.05) is 13.2 Å². The number of aromatic amines is 1. The summed E-state index contributed by atoms with van der Waals surface area (Å²) in [5, 5.41) is 3.37. The molecule has 1 aliphatic rings. The van der Waals surface area contributed by atoms with Crippen molar-refractivity contribution in [2.45, 2.75) is 44.6 Å². The van der Waals surface area contributed by atoms with E-state index in [2.05, 4.69) is 36.3 Å². The summed E-state index contributed by atoms with van der Waals surface area (Å²) in [5.41, 5.74) is 2.42. The summed E-state index contributed by atoms with van der Waals surface area (Å²) in [6, 6.07) is 17.9. The fourth-order valence-corrected chi connectivity index (χ4v) is 4.24. The van der Waals surface area contributed by atoms with E-state index in [4.69, 9.17) is 9.72 Å². The summed E-state index contributed by atoms with van der Waals surface area (Å²) in [7, 11) is 0. The molecule has 3 aromatic rings. The van der Waals surface area contributed by atoms with Gasteiger partial charge in [0.25, 0.3) is 0 Å². The Hall–Kier alpha value is -2.66. The van der Waals surface area contributed by atoms with Gasteiger partial charge in [-0.2, -0.15) is 0 Å². The number of rotatable bonds is 6. The third kappa shape index (κ3) is 3.79. The van der Waals surface area contributed by atoms with Crippen molar-refractivity contribution in [3.8, 4) is 0 Å². The Morgan fingerprint density at radius 1 is 1.14 bits per heavy atom. The van der Waals surface area contributed by atoms with Gasteiger partial charge >= 0.3 is 0 Å². The van der Waals surface area contributed by atoms with Gasteiger partial charge < -0.3 is 15.0 Å². The Kier molecular flexibility index (Phi) is 5.67. The lowest BCUT2D eigenvalue weighted by Gasteiger charge is -2.38. The number of nitrogens with one attached hydrogen (secondary N) is 2. The van der Waals surface area contributed by atoms with Crippen LogP contribution in [0, 0.1) is 5.92 Å². The molecule has 0 unspecified atom stereocenters. The number of imidazole rings is 1. The molecule has 1 aliphatic heterocycles. The number of amides is 1. The standard InChI is InChI=1S/C24H29N3O2/c1-3-17(2)21(22-25-19-11-7-8-12-20(19)26-22)27-23(28)24(13-15-29-16-14-24)18-9-5-4-6-10-18/h4-12,17,21H,3,13-16H2,1-2H3,(H,25,26)(H,27,28)/t17-,21-/m1/s1. The highest BCUT2D eigenvalue weighted by Gasteiger charge is 2.43. The van der Waals surface area contributed by atoms with Crippen molar-refractivity contribution in [2.24, 2.45) is 5.92 Å². The summed E-state index contributed by atoms with van der Waals surface area (Å²) < 4.78 is 5.60. The zero-order chi connectivity index (χ0) is 20.3. The van der Waals surface area contributed by atoms with Crippen LogP contribution in [0.3, 0.4) is 0 Å². The minimum absolute atomic E-state index is 0.0674. The van der Waals surface area contributed by atoms with Gasteiger partial charge in [-0.05, 0) is 36.5 Å². The van der Waals surface area contributed by atoms with Crippen LogP contribution in [0.5, 0.6) is 0 Å². The highest BCUT2D eigenvalue weighted by molar-refractivity contribution is 5.89. The molecule has 152 valence electrons. The Labute approximate surface area is 171 Å². The Morgan fingerprint density at radius 3 is 2.52 bits per heavy atom. The largest absolute Gasteiger partial charge is 0.381 e. The van der Waals surface area contributed by atoms with Crippen molar-refractivity contribution in [3.05, 3.63) is 66.0 Å². The fraction of sp³-hybridized carbons (Fsp3) is 0.417. The van der Waals surface area contributed by atoms with E-state index in [0.717, 1.165) is 28.8 Å². The number of benzene rings is 2. The second kappa shape index (κ2) is 8.37. The zero-order valence-corrected chi connectivity index (χ0v) is 17.2. The number of hydrogen-bond donors (Lipinski definition) is 2. The number of ether oxygens (including phenoxy) is 1. The van der Waals surface area contributed by atoms with Crippen LogP contribution in [0.1, 0.15) is 50.5 Å². The van der Waals surface area contributed by atoms with E-state index in [1.807, 2.05) is 42.5 Å². The second-order valence-electron chi connectivity index (χ2n) is 8.04. The molecule has 5 heteroatoms. The predicted octanol–water partition coefficient (Wildman–Crippen LogP) is 4.51. The van der Waals surface area contributed by atoms with Gasteiger partial charge in [-0.25, -0.2) is 4.98 Å². The summed E-state index contributed by atoms with van der Waals surface area (Å²) in [5.74, 6) is 1.15. The first-order chi connectivity index (χ1) is 14.1. The lowest BCUT2D eigenvalue weighted by Crippen LogP contribution is -2.50. The molecule has 0 bridgehead atoms. The van der Waals surface area contributed by atoms with Gasteiger partial charge in [-0.1, -0.05) is 62.7 Å². The molecule has 0 radical (unpaired) electrons. The molecule has 5 nitrogen and oxygen atoms in total. The fourth-order valence-electron chi connectivity index (χ4n) is 4.24. The molecule has 2 aromatic carbocycles. The summed E-state index contributed by atoms with van der Waals surface area (Å²) in [4.78, 5) is 21.9. The molecule has 0 saturated carbocycles. The maximum atomic E-state index is 13.7. The van der Waals surface area contributed by atoms with Crippen LogP contribution < -0.4 is 5.32 Å². The van der Waals surface area contributed by atoms with E-state index in [9.17, 15) is 4.79 Å². The molecular weight excluding hydrogens is 362 g/mol. The Balaban J connectivity index is 1.68. The van der Waals surface area contributed by atoms with Crippen molar-refractivity contribution in [2.75, 3.05) is 13.2 Å². The monoisotopic (exact) mass is 391 g/mol.